The maximum Gasteiger partial charge on any atom is 0.373 e. The lowest BCUT2D eigenvalue weighted by Crippen LogP contribution is -2.09. The van der Waals surface area contributed by atoms with E-state index in [1.54, 1.807) is 12.1 Å². The first kappa shape index (κ1) is 11.6. The Labute approximate surface area is 98.3 Å². The molecule has 2 aromatic rings. The molecule has 4 nitrogen and oxygen atoms in total. The fraction of sp³-hybridized carbons (Fsp3) is 0.154. The van der Waals surface area contributed by atoms with Gasteiger partial charge in [-0.3, -0.25) is 4.89 Å². The largest absolute Gasteiger partial charge is 0.394 e. The lowest BCUT2D eigenvalue weighted by molar-refractivity contribution is -0.244. The van der Waals surface area contributed by atoms with E-state index in [-0.39, 0.29) is 13.2 Å². The number of rotatable bonds is 4. The summed E-state index contributed by atoms with van der Waals surface area (Å²) >= 11 is 0. The van der Waals surface area contributed by atoms with Crippen LogP contribution in [0.15, 0.2) is 42.5 Å². The molecule has 1 N–H and O–H groups in total. The molecule has 0 radical (unpaired) electrons. The van der Waals surface area contributed by atoms with Crippen molar-refractivity contribution in [3.05, 3.63) is 48.0 Å². The molecule has 0 aliphatic heterocycles. The fourth-order valence-corrected chi connectivity index (χ4v) is 1.58. The van der Waals surface area contributed by atoms with Gasteiger partial charge in [0.15, 0.2) is 0 Å². The second-order valence-electron chi connectivity index (χ2n) is 3.44. The molecule has 88 valence electrons. The summed E-state index contributed by atoms with van der Waals surface area (Å²) in [4.78, 5) is 20.8. The van der Waals surface area contributed by atoms with E-state index in [4.69, 9.17) is 5.11 Å². The minimum absolute atomic E-state index is 0.0312. The van der Waals surface area contributed by atoms with E-state index in [9.17, 15) is 4.79 Å². The Bertz CT molecular complexity index is 516. The molecule has 0 atom stereocenters. The standard InChI is InChI=1S/C13H12O4/c14-8-9-16-17-13(15)12-7-3-5-10-4-1-2-6-11(10)12/h1-7,14H,8-9H2. The third-order valence-corrected chi connectivity index (χ3v) is 2.32. The van der Waals surface area contributed by atoms with Crippen molar-refractivity contribution in [3.8, 4) is 0 Å². The average molecular weight is 232 g/mol. The van der Waals surface area contributed by atoms with Gasteiger partial charge in [-0.25, -0.2) is 4.79 Å². The summed E-state index contributed by atoms with van der Waals surface area (Å²) in [6, 6.07) is 12.9. The molecule has 0 amide bonds. The first-order valence-electron chi connectivity index (χ1n) is 5.25. The van der Waals surface area contributed by atoms with E-state index in [0.717, 1.165) is 10.8 Å². The third kappa shape index (κ3) is 2.61. The quantitative estimate of drug-likeness (QED) is 0.497. The smallest absolute Gasteiger partial charge is 0.373 e. The highest BCUT2D eigenvalue weighted by atomic mass is 17.2. The molecule has 0 aromatic heterocycles. The van der Waals surface area contributed by atoms with Crippen LogP contribution in [0.25, 0.3) is 10.8 Å². The zero-order chi connectivity index (χ0) is 12.1. The molecule has 4 heteroatoms. The molecule has 0 aliphatic carbocycles. The number of hydrogen-bond donors (Lipinski definition) is 1. The molecular weight excluding hydrogens is 220 g/mol. The molecule has 0 saturated carbocycles. The van der Waals surface area contributed by atoms with Crippen LogP contribution in [-0.4, -0.2) is 24.3 Å². The van der Waals surface area contributed by atoms with Gasteiger partial charge >= 0.3 is 5.97 Å². The van der Waals surface area contributed by atoms with Crippen molar-refractivity contribution >= 4 is 16.7 Å². The Morgan fingerprint density at radius 3 is 2.71 bits per heavy atom. The molecule has 2 rings (SSSR count). The van der Waals surface area contributed by atoms with Gasteiger partial charge in [-0.1, -0.05) is 36.4 Å². The number of benzene rings is 2. The molecule has 0 spiro atoms. The van der Waals surface area contributed by atoms with Crippen molar-refractivity contribution in [2.75, 3.05) is 13.2 Å². The first-order chi connectivity index (χ1) is 8.33. The van der Waals surface area contributed by atoms with Gasteiger partial charge in [0.2, 0.25) is 0 Å². The highest BCUT2D eigenvalue weighted by molar-refractivity contribution is 6.04. The van der Waals surface area contributed by atoms with Gasteiger partial charge < -0.3 is 5.11 Å². The number of fused-ring (bicyclic) bond motifs is 1. The molecule has 17 heavy (non-hydrogen) atoms. The van der Waals surface area contributed by atoms with Crippen molar-refractivity contribution in [2.45, 2.75) is 0 Å². The van der Waals surface area contributed by atoms with E-state index in [2.05, 4.69) is 9.78 Å². The fourth-order valence-electron chi connectivity index (χ4n) is 1.58. The van der Waals surface area contributed by atoms with Crippen LogP contribution in [0.4, 0.5) is 0 Å². The summed E-state index contributed by atoms with van der Waals surface area (Å²) < 4.78 is 0. The van der Waals surface area contributed by atoms with Gasteiger partial charge in [0.25, 0.3) is 0 Å². The Kier molecular flexibility index (Phi) is 3.69. The topological polar surface area (TPSA) is 55.8 Å². The third-order valence-electron chi connectivity index (χ3n) is 2.32. The SMILES string of the molecule is O=C(OOCCO)c1cccc2ccccc12. The van der Waals surface area contributed by atoms with Gasteiger partial charge in [0.05, 0.1) is 12.2 Å². The average Bonchev–Trinajstić information content (AvgIpc) is 2.38. The van der Waals surface area contributed by atoms with Crippen LogP contribution in [0.1, 0.15) is 10.4 Å². The first-order valence-corrected chi connectivity index (χ1v) is 5.25. The van der Waals surface area contributed by atoms with Gasteiger partial charge in [-0.2, -0.15) is 4.89 Å². The molecule has 0 fully saturated rings. The number of carbonyl (C=O) groups excluding carboxylic acids is 1. The second kappa shape index (κ2) is 5.43. The van der Waals surface area contributed by atoms with Crippen molar-refractivity contribution in [1.82, 2.24) is 0 Å². The molecule has 0 aliphatic rings. The van der Waals surface area contributed by atoms with Crippen LogP contribution in [0, 0.1) is 0 Å². The summed E-state index contributed by atoms with van der Waals surface area (Å²) in [5, 5.41) is 10.3. The minimum Gasteiger partial charge on any atom is -0.394 e. The Hall–Kier alpha value is -1.91. The van der Waals surface area contributed by atoms with E-state index in [1.807, 2.05) is 30.3 Å². The van der Waals surface area contributed by atoms with E-state index >= 15 is 0 Å². The Balaban J connectivity index is 2.26. The van der Waals surface area contributed by atoms with Gasteiger partial charge in [0, 0.05) is 0 Å². The normalized spacial score (nSPS) is 10.4. The van der Waals surface area contributed by atoms with Crippen LogP contribution in [0.3, 0.4) is 0 Å². The summed E-state index contributed by atoms with van der Waals surface area (Å²) in [5.41, 5.74) is 0.445. The highest BCUT2D eigenvalue weighted by Gasteiger charge is 2.11. The highest BCUT2D eigenvalue weighted by Crippen LogP contribution is 2.19. The minimum atomic E-state index is -0.560. The van der Waals surface area contributed by atoms with Crippen molar-refractivity contribution < 1.29 is 19.7 Å². The molecule has 0 bridgehead atoms. The lowest BCUT2D eigenvalue weighted by atomic mass is 10.1. The summed E-state index contributed by atoms with van der Waals surface area (Å²) in [6.45, 7) is -0.223. The zero-order valence-electron chi connectivity index (χ0n) is 9.13. The predicted molar refractivity (Wildman–Crippen MR) is 62.4 cm³/mol. The van der Waals surface area contributed by atoms with Crippen LogP contribution in [0.5, 0.6) is 0 Å². The van der Waals surface area contributed by atoms with E-state index < -0.39 is 5.97 Å². The summed E-state index contributed by atoms with van der Waals surface area (Å²) in [6.07, 6.45) is 0. The van der Waals surface area contributed by atoms with Gasteiger partial charge in [-0.05, 0) is 16.8 Å². The molecule has 0 saturated heterocycles. The van der Waals surface area contributed by atoms with Crippen LogP contribution in [0.2, 0.25) is 0 Å². The molecule has 0 heterocycles. The van der Waals surface area contributed by atoms with Gasteiger partial charge in [-0.15, -0.1) is 0 Å². The Morgan fingerprint density at radius 1 is 1.12 bits per heavy atom. The maximum atomic E-state index is 11.7. The molecule has 2 aromatic carbocycles. The zero-order valence-corrected chi connectivity index (χ0v) is 9.13. The van der Waals surface area contributed by atoms with Gasteiger partial charge in [0.1, 0.15) is 6.61 Å². The second-order valence-corrected chi connectivity index (χ2v) is 3.44. The van der Waals surface area contributed by atoms with Crippen molar-refractivity contribution in [1.29, 1.82) is 0 Å². The number of carbonyl (C=O) groups is 1. The van der Waals surface area contributed by atoms with Crippen molar-refractivity contribution in [2.24, 2.45) is 0 Å². The molecular formula is C13H12O4. The number of aliphatic hydroxyl groups excluding tert-OH is 1. The van der Waals surface area contributed by atoms with Crippen LogP contribution < -0.4 is 0 Å². The number of hydrogen-bond acceptors (Lipinski definition) is 4. The molecule has 0 unspecified atom stereocenters. The lowest BCUT2D eigenvalue weighted by Gasteiger charge is -2.05. The number of aliphatic hydroxyl groups is 1. The Morgan fingerprint density at radius 2 is 1.88 bits per heavy atom. The predicted octanol–water partition coefficient (Wildman–Crippen LogP) is 1.92. The van der Waals surface area contributed by atoms with Crippen LogP contribution in [-0.2, 0) is 9.78 Å². The maximum absolute atomic E-state index is 11.7. The van der Waals surface area contributed by atoms with E-state index in [1.165, 1.54) is 0 Å². The monoisotopic (exact) mass is 232 g/mol. The van der Waals surface area contributed by atoms with Crippen molar-refractivity contribution in [3.63, 3.8) is 0 Å². The van der Waals surface area contributed by atoms with Crippen LogP contribution >= 0.6 is 0 Å². The summed E-state index contributed by atoms with van der Waals surface area (Å²) in [5.74, 6) is -0.560. The van der Waals surface area contributed by atoms with E-state index in [0.29, 0.717) is 5.56 Å². The summed E-state index contributed by atoms with van der Waals surface area (Å²) in [7, 11) is 0.